The predicted molar refractivity (Wildman–Crippen MR) is 87.9 cm³/mol. The number of rotatable bonds is 3. The van der Waals surface area contributed by atoms with Gasteiger partial charge in [0.05, 0.1) is 23.9 Å². The molecule has 124 valence electrons. The van der Waals surface area contributed by atoms with Gasteiger partial charge in [0.25, 0.3) is 0 Å². The highest BCUT2D eigenvalue weighted by Crippen LogP contribution is 2.30. The minimum absolute atomic E-state index is 0.0884. The summed E-state index contributed by atoms with van der Waals surface area (Å²) in [6.07, 6.45) is 3.21. The van der Waals surface area contributed by atoms with Crippen molar-refractivity contribution in [1.29, 1.82) is 0 Å². The van der Waals surface area contributed by atoms with Crippen molar-refractivity contribution in [2.24, 2.45) is 0 Å². The van der Waals surface area contributed by atoms with Crippen LogP contribution in [0.15, 0.2) is 47.2 Å². The third-order valence-electron chi connectivity index (χ3n) is 4.44. The van der Waals surface area contributed by atoms with Crippen LogP contribution in [-0.4, -0.2) is 36.1 Å². The number of furan rings is 1. The molecule has 0 amide bonds. The van der Waals surface area contributed by atoms with Crippen LogP contribution in [0.1, 0.15) is 5.76 Å². The summed E-state index contributed by atoms with van der Waals surface area (Å²) in [5, 5.41) is 0.261. The molecular formula is C18H17F2N3O. The first-order valence-corrected chi connectivity index (χ1v) is 7.95. The summed E-state index contributed by atoms with van der Waals surface area (Å²) in [6, 6.07) is 7.88. The van der Waals surface area contributed by atoms with Gasteiger partial charge in [-0.2, -0.15) is 0 Å². The summed E-state index contributed by atoms with van der Waals surface area (Å²) in [4.78, 5) is 8.37. The normalized spacial score (nSPS) is 16.0. The fourth-order valence-electron chi connectivity index (χ4n) is 3.21. The van der Waals surface area contributed by atoms with E-state index in [1.54, 1.807) is 12.3 Å². The van der Waals surface area contributed by atoms with Crippen molar-refractivity contribution >= 4 is 16.6 Å². The minimum Gasteiger partial charge on any atom is -0.468 e. The molecule has 1 fully saturated rings. The molecule has 0 saturated carbocycles. The number of hydrogen-bond acceptors (Lipinski definition) is 4. The summed E-state index contributed by atoms with van der Waals surface area (Å²) in [6.45, 7) is 3.93. The van der Waals surface area contributed by atoms with E-state index in [0.717, 1.165) is 50.6 Å². The first kappa shape index (κ1) is 15.1. The van der Waals surface area contributed by atoms with Gasteiger partial charge in [-0.05, 0) is 30.3 Å². The number of benzene rings is 1. The van der Waals surface area contributed by atoms with Crippen molar-refractivity contribution in [2.45, 2.75) is 6.54 Å². The van der Waals surface area contributed by atoms with Crippen LogP contribution in [0, 0.1) is 11.6 Å². The van der Waals surface area contributed by atoms with Gasteiger partial charge < -0.3 is 9.32 Å². The number of pyridine rings is 1. The Kier molecular flexibility index (Phi) is 3.90. The molecule has 3 aromatic rings. The molecule has 0 unspecified atom stereocenters. The van der Waals surface area contributed by atoms with Gasteiger partial charge in [0.2, 0.25) is 0 Å². The van der Waals surface area contributed by atoms with E-state index in [-0.39, 0.29) is 10.9 Å². The molecular weight excluding hydrogens is 312 g/mol. The standard InChI is InChI=1S/C18H17F2N3O/c19-14-3-4-15(20)18-17(14)16(5-6-21-18)23-9-7-22(8-10-23)12-13-2-1-11-24-13/h1-6,11H,7-10,12H2. The average Bonchev–Trinajstić information content (AvgIpc) is 3.12. The summed E-state index contributed by atoms with van der Waals surface area (Å²) in [5.41, 5.74) is 0.792. The largest absolute Gasteiger partial charge is 0.468 e. The van der Waals surface area contributed by atoms with Gasteiger partial charge in [-0.15, -0.1) is 0 Å². The molecule has 0 N–H and O–H groups in total. The molecule has 1 aliphatic heterocycles. The van der Waals surface area contributed by atoms with Gasteiger partial charge in [-0.3, -0.25) is 9.88 Å². The van der Waals surface area contributed by atoms with Crippen molar-refractivity contribution in [3.05, 3.63) is 60.2 Å². The number of anilines is 1. The molecule has 4 rings (SSSR count). The zero-order chi connectivity index (χ0) is 16.5. The molecule has 0 atom stereocenters. The number of fused-ring (bicyclic) bond motifs is 1. The molecule has 1 saturated heterocycles. The number of aromatic nitrogens is 1. The van der Waals surface area contributed by atoms with Crippen molar-refractivity contribution in [3.63, 3.8) is 0 Å². The van der Waals surface area contributed by atoms with Crippen LogP contribution in [0.25, 0.3) is 10.9 Å². The molecule has 2 aromatic heterocycles. The Morgan fingerprint density at radius 1 is 1.00 bits per heavy atom. The van der Waals surface area contributed by atoms with E-state index < -0.39 is 11.6 Å². The van der Waals surface area contributed by atoms with Crippen LogP contribution in [0.3, 0.4) is 0 Å². The lowest BCUT2D eigenvalue weighted by atomic mass is 10.1. The molecule has 24 heavy (non-hydrogen) atoms. The van der Waals surface area contributed by atoms with Crippen LogP contribution in [-0.2, 0) is 6.54 Å². The Balaban J connectivity index is 1.56. The van der Waals surface area contributed by atoms with E-state index in [4.69, 9.17) is 4.42 Å². The van der Waals surface area contributed by atoms with Gasteiger partial charge >= 0.3 is 0 Å². The Morgan fingerprint density at radius 3 is 2.54 bits per heavy atom. The maximum Gasteiger partial charge on any atom is 0.149 e. The average molecular weight is 329 g/mol. The quantitative estimate of drug-likeness (QED) is 0.737. The second kappa shape index (κ2) is 6.20. The monoisotopic (exact) mass is 329 g/mol. The van der Waals surface area contributed by atoms with Crippen molar-refractivity contribution < 1.29 is 13.2 Å². The molecule has 4 nitrogen and oxygen atoms in total. The summed E-state index contributed by atoms with van der Waals surface area (Å²) in [7, 11) is 0. The first-order chi connectivity index (χ1) is 11.7. The Morgan fingerprint density at radius 2 is 1.79 bits per heavy atom. The maximum atomic E-state index is 14.3. The maximum absolute atomic E-state index is 14.3. The Hall–Kier alpha value is -2.47. The predicted octanol–water partition coefficient (Wildman–Crippen LogP) is 3.43. The van der Waals surface area contributed by atoms with E-state index in [0.29, 0.717) is 5.69 Å². The lowest BCUT2D eigenvalue weighted by molar-refractivity contribution is 0.230. The Labute approximate surface area is 138 Å². The van der Waals surface area contributed by atoms with Crippen LogP contribution in [0.2, 0.25) is 0 Å². The fraction of sp³-hybridized carbons (Fsp3) is 0.278. The zero-order valence-electron chi connectivity index (χ0n) is 13.1. The first-order valence-electron chi connectivity index (χ1n) is 7.95. The topological polar surface area (TPSA) is 32.5 Å². The van der Waals surface area contributed by atoms with E-state index >= 15 is 0 Å². The highest BCUT2D eigenvalue weighted by molar-refractivity contribution is 5.92. The second-order valence-corrected chi connectivity index (χ2v) is 5.93. The number of nitrogens with zero attached hydrogens (tertiary/aromatic N) is 3. The number of halogens is 2. The molecule has 0 spiro atoms. The van der Waals surface area contributed by atoms with Gasteiger partial charge in [0.1, 0.15) is 22.9 Å². The molecule has 6 heteroatoms. The molecule has 0 bridgehead atoms. The summed E-state index contributed by atoms with van der Waals surface area (Å²) >= 11 is 0. The Bertz CT molecular complexity index is 843. The summed E-state index contributed by atoms with van der Waals surface area (Å²) in [5.74, 6) is 0.00291. The van der Waals surface area contributed by atoms with Crippen LogP contribution >= 0.6 is 0 Å². The van der Waals surface area contributed by atoms with Crippen LogP contribution in [0.4, 0.5) is 14.5 Å². The number of piperazine rings is 1. The minimum atomic E-state index is -0.496. The third-order valence-corrected chi connectivity index (χ3v) is 4.44. The summed E-state index contributed by atoms with van der Waals surface area (Å²) < 4.78 is 33.6. The van der Waals surface area contributed by atoms with Crippen molar-refractivity contribution in [2.75, 3.05) is 31.1 Å². The van der Waals surface area contributed by atoms with E-state index in [1.807, 2.05) is 12.1 Å². The van der Waals surface area contributed by atoms with Crippen LogP contribution in [0.5, 0.6) is 0 Å². The molecule has 0 aliphatic carbocycles. The highest BCUT2D eigenvalue weighted by atomic mass is 19.1. The van der Waals surface area contributed by atoms with E-state index in [2.05, 4.69) is 14.8 Å². The van der Waals surface area contributed by atoms with Gasteiger partial charge in [-0.25, -0.2) is 8.78 Å². The third kappa shape index (κ3) is 2.73. The highest BCUT2D eigenvalue weighted by Gasteiger charge is 2.21. The van der Waals surface area contributed by atoms with E-state index in [1.165, 1.54) is 6.20 Å². The lowest BCUT2D eigenvalue weighted by Gasteiger charge is -2.36. The fourth-order valence-corrected chi connectivity index (χ4v) is 3.21. The SMILES string of the molecule is Fc1ccc(F)c2c(N3CCN(Cc4ccco4)CC3)ccnc12. The van der Waals surface area contributed by atoms with Gasteiger partial charge in [-0.1, -0.05) is 0 Å². The smallest absolute Gasteiger partial charge is 0.149 e. The molecule has 1 aromatic carbocycles. The second-order valence-electron chi connectivity index (χ2n) is 5.93. The van der Waals surface area contributed by atoms with Crippen molar-refractivity contribution in [1.82, 2.24) is 9.88 Å². The van der Waals surface area contributed by atoms with E-state index in [9.17, 15) is 8.78 Å². The number of hydrogen-bond donors (Lipinski definition) is 0. The van der Waals surface area contributed by atoms with Crippen molar-refractivity contribution in [3.8, 4) is 0 Å². The van der Waals surface area contributed by atoms with Gasteiger partial charge in [0.15, 0.2) is 0 Å². The zero-order valence-corrected chi connectivity index (χ0v) is 13.1. The van der Waals surface area contributed by atoms with Gasteiger partial charge in [0, 0.05) is 32.4 Å². The van der Waals surface area contributed by atoms with Crippen LogP contribution < -0.4 is 4.90 Å². The molecule has 1 aliphatic rings. The molecule has 3 heterocycles. The lowest BCUT2D eigenvalue weighted by Crippen LogP contribution is -2.46. The molecule has 0 radical (unpaired) electrons.